The number of nitrogens with zero attached hydrogens (tertiary/aromatic N) is 1. The largest absolute Gasteiger partial charge is 0.478 e. The van der Waals surface area contributed by atoms with E-state index in [0.29, 0.717) is 29.0 Å². The number of thioether (sulfide) groups is 1. The van der Waals surface area contributed by atoms with Crippen LogP contribution >= 0.6 is 46.3 Å². The van der Waals surface area contributed by atoms with Gasteiger partial charge in [0.2, 0.25) is 0 Å². The zero-order chi connectivity index (χ0) is 26.2. The van der Waals surface area contributed by atoms with Crippen LogP contribution in [0.2, 0.25) is 10.0 Å². The van der Waals surface area contributed by atoms with Crippen LogP contribution in [-0.4, -0.2) is 40.1 Å². The Balaban J connectivity index is 1.73. The number of hydrogen-bond acceptors (Lipinski definition) is 6. The van der Waals surface area contributed by atoms with E-state index in [2.05, 4.69) is 17.2 Å². The van der Waals surface area contributed by atoms with Gasteiger partial charge in [0.25, 0.3) is 5.91 Å². The normalized spacial score (nSPS) is 11.5. The highest BCUT2D eigenvalue weighted by molar-refractivity contribution is 7.99. The average Bonchev–Trinajstić information content (AvgIpc) is 3.29. The van der Waals surface area contributed by atoms with Crippen LogP contribution in [0.3, 0.4) is 0 Å². The molecular weight excluding hydrogens is 546 g/mol. The molecule has 0 unspecified atom stereocenters. The summed E-state index contributed by atoms with van der Waals surface area (Å²) in [6.45, 7) is 4.19. The van der Waals surface area contributed by atoms with Crippen molar-refractivity contribution in [1.82, 2.24) is 4.98 Å². The SMILES string of the molecule is CCSCCOCc1cccc(-c2csc(NC(=O)c3cc(Cl)c(/C=C(\C)C(=O)O)c(Cl)c3)n2)c1F. The van der Waals surface area contributed by atoms with Crippen LogP contribution in [0.1, 0.15) is 35.3 Å². The number of carbonyl (C=O) groups is 2. The molecule has 2 N–H and O–H groups in total. The van der Waals surface area contributed by atoms with Crippen molar-refractivity contribution in [3.8, 4) is 11.3 Å². The fourth-order valence-corrected chi connectivity index (χ4v) is 4.92. The number of amides is 1. The first-order valence-electron chi connectivity index (χ1n) is 10.8. The number of thiazole rings is 1. The summed E-state index contributed by atoms with van der Waals surface area (Å²) in [4.78, 5) is 28.2. The number of nitrogens with one attached hydrogen (secondary N) is 1. The molecular formula is C25H23Cl2FN2O4S2. The summed E-state index contributed by atoms with van der Waals surface area (Å²) in [5.41, 5.74) is 1.64. The number of hydrogen-bond donors (Lipinski definition) is 2. The summed E-state index contributed by atoms with van der Waals surface area (Å²) < 4.78 is 20.6. The van der Waals surface area contributed by atoms with Crippen molar-refractivity contribution in [2.45, 2.75) is 20.5 Å². The molecule has 0 atom stereocenters. The Hall–Kier alpha value is -2.43. The maximum absolute atomic E-state index is 15.1. The molecule has 1 aromatic heterocycles. The van der Waals surface area contributed by atoms with Crippen LogP contribution in [0.4, 0.5) is 9.52 Å². The molecule has 3 rings (SSSR count). The van der Waals surface area contributed by atoms with Crippen molar-refractivity contribution < 1.29 is 23.8 Å². The molecule has 6 nitrogen and oxygen atoms in total. The first-order valence-corrected chi connectivity index (χ1v) is 13.6. The predicted octanol–water partition coefficient (Wildman–Crippen LogP) is 7.27. The van der Waals surface area contributed by atoms with E-state index in [0.717, 1.165) is 22.8 Å². The van der Waals surface area contributed by atoms with E-state index in [-0.39, 0.29) is 32.9 Å². The first kappa shape index (κ1) is 28.1. The lowest BCUT2D eigenvalue weighted by atomic mass is 10.1. The average molecular weight is 570 g/mol. The molecule has 2 aromatic carbocycles. The van der Waals surface area contributed by atoms with Gasteiger partial charge >= 0.3 is 5.97 Å². The minimum Gasteiger partial charge on any atom is -0.478 e. The van der Waals surface area contributed by atoms with Gasteiger partial charge in [0.05, 0.1) is 29.0 Å². The fourth-order valence-electron chi connectivity index (χ4n) is 3.09. The highest BCUT2D eigenvalue weighted by Gasteiger charge is 2.17. The molecule has 0 aliphatic heterocycles. The highest BCUT2D eigenvalue weighted by Crippen LogP contribution is 2.31. The number of benzene rings is 2. The summed E-state index contributed by atoms with van der Waals surface area (Å²) in [6.07, 6.45) is 1.33. The van der Waals surface area contributed by atoms with Gasteiger partial charge < -0.3 is 9.84 Å². The number of aliphatic carboxylic acids is 1. The van der Waals surface area contributed by atoms with Crippen molar-refractivity contribution in [1.29, 1.82) is 0 Å². The second-order valence-electron chi connectivity index (χ2n) is 7.51. The van der Waals surface area contributed by atoms with Crippen molar-refractivity contribution >= 4 is 69.4 Å². The van der Waals surface area contributed by atoms with Gasteiger partial charge in [-0.3, -0.25) is 10.1 Å². The van der Waals surface area contributed by atoms with E-state index in [9.17, 15) is 9.59 Å². The smallest absolute Gasteiger partial charge is 0.331 e. The van der Waals surface area contributed by atoms with Crippen LogP contribution in [0, 0.1) is 5.82 Å². The summed E-state index contributed by atoms with van der Waals surface area (Å²) in [5, 5.41) is 13.9. The quantitative estimate of drug-likeness (QED) is 0.187. The Morgan fingerprint density at radius 3 is 2.67 bits per heavy atom. The third kappa shape index (κ3) is 7.30. The minimum atomic E-state index is -1.11. The molecule has 3 aromatic rings. The van der Waals surface area contributed by atoms with E-state index in [1.54, 1.807) is 35.3 Å². The van der Waals surface area contributed by atoms with Crippen LogP contribution in [0.5, 0.6) is 0 Å². The molecule has 0 radical (unpaired) electrons. The van der Waals surface area contributed by atoms with Gasteiger partial charge in [0.15, 0.2) is 5.13 Å². The number of anilines is 1. The second-order valence-corrected chi connectivity index (χ2v) is 10.6. The lowest BCUT2D eigenvalue weighted by molar-refractivity contribution is -0.132. The Morgan fingerprint density at radius 2 is 2.00 bits per heavy atom. The number of ether oxygens (including phenoxy) is 1. The molecule has 0 bridgehead atoms. The van der Waals surface area contributed by atoms with Crippen molar-refractivity contribution in [3.63, 3.8) is 0 Å². The molecule has 11 heteroatoms. The van der Waals surface area contributed by atoms with Crippen molar-refractivity contribution in [3.05, 3.63) is 73.8 Å². The Labute approximate surface area is 226 Å². The molecule has 1 amide bonds. The standard InChI is InChI=1S/C25H23Cl2FN2O4S2/c1-3-35-8-7-34-12-15-5-4-6-17(22(15)28)21-13-36-25(29-21)30-23(31)16-10-19(26)18(20(27)11-16)9-14(2)24(32)33/h4-6,9-11,13H,3,7-8,12H2,1-2H3,(H,32,33)(H,29,30,31)/b14-9+. The highest BCUT2D eigenvalue weighted by atomic mass is 35.5. The monoisotopic (exact) mass is 568 g/mol. The van der Waals surface area contributed by atoms with E-state index >= 15 is 4.39 Å². The van der Waals surface area contributed by atoms with Gasteiger partial charge in [-0.15, -0.1) is 11.3 Å². The number of aromatic nitrogens is 1. The Kier molecular flexibility index (Phi) is 10.3. The molecule has 0 saturated heterocycles. The van der Waals surface area contributed by atoms with Gasteiger partial charge in [0.1, 0.15) is 5.82 Å². The Bertz CT molecular complexity index is 1270. The molecule has 190 valence electrons. The zero-order valence-electron chi connectivity index (χ0n) is 19.4. The molecule has 0 fully saturated rings. The number of carbonyl (C=O) groups excluding carboxylic acids is 1. The minimum absolute atomic E-state index is 0.0460. The van der Waals surface area contributed by atoms with Gasteiger partial charge in [-0.05, 0) is 37.0 Å². The van der Waals surface area contributed by atoms with E-state index in [4.69, 9.17) is 33.0 Å². The van der Waals surface area contributed by atoms with Crippen LogP contribution < -0.4 is 5.32 Å². The summed E-state index contributed by atoms with van der Waals surface area (Å²) in [7, 11) is 0. The lowest BCUT2D eigenvalue weighted by Crippen LogP contribution is -2.12. The zero-order valence-corrected chi connectivity index (χ0v) is 22.6. The fraction of sp³-hybridized carbons (Fsp3) is 0.240. The maximum Gasteiger partial charge on any atom is 0.331 e. The summed E-state index contributed by atoms with van der Waals surface area (Å²) in [5.74, 6) is -0.180. The summed E-state index contributed by atoms with van der Waals surface area (Å²) in [6, 6.07) is 7.81. The number of rotatable bonds is 11. The van der Waals surface area contributed by atoms with Crippen LogP contribution in [0.15, 0.2) is 41.3 Å². The van der Waals surface area contributed by atoms with Gasteiger partial charge in [-0.2, -0.15) is 11.8 Å². The predicted molar refractivity (Wildman–Crippen MR) is 146 cm³/mol. The maximum atomic E-state index is 15.1. The van der Waals surface area contributed by atoms with E-state index in [1.165, 1.54) is 25.1 Å². The molecule has 0 saturated carbocycles. The van der Waals surface area contributed by atoms with Gasteiger partial charge in [-0.1, -0.05) is 42.3 Å². The first-order chi connectivity index (χ1) is 17.2. The third-order valence-electron chi connectivity index (χ3n) is 4.95. The van der Waals surface area contributed by atoms with Crippen molar-refractivity contribution in [2.24, 2.45) is 0 Å². The molecule has 1 heterocycles. The van der Waals surface area contributed by atoms with Crippen LogP contribution in [-0.2, 0) is 16.1 Å². The van der Waals surface area contributed by atoms with Gasteiger partial charge in [-0.25, -0.2) is 14.2 Å². The van der Waals surface area contributed by atoms with Gasteiger partial charge in [0, 0.05) is 39.0 Å². The van der Waals surface area contributed by atoms with Crippen LogP contribution in [0.25, 0.3) is 17.3 Å². The number of halogens is 3. The molecule has 0 aliphatic carbocycles. The molecule has 0 aliphatic rings. The van der Waals surface area contributed by atoms with E-state index in [1.807, 2.05) is 0 Å². The number of carboxylic acids is 1. The topological polar surface area (TPSA) is 88.5 Å². The lowest BCUT2D eigenvalue weighted by Gasteiger charge is -2.08. The molecule has 36 heavy (non-hydrogen) atoms. The Morgan fingerprint density at radius 1 is 1.28 bits per heavy atom. The second kappa shape index (κ2) is 13.2. The summed E-state index contributed by atoms with van der Waals surface area (Å²) >= 11 is 15.4. The third-order valence-corrected chi connectivity index (χ3v) is 7.20. The van der Waals surface area contributed by atoms with Crippen molar-refractivity contribution in [2.75, 3.05) is 23.4 Å². The number of carboxylic acid groups (broad SMARTS) is 1. The molecule has 0 spiro atoms. The van der Waals surface area contributed by atoms with E-state index < -0.39 is 17.7 Å².